The third-order valence-electron chi connectivity index (χ3n) is 7.50. The highest BCUT2D eigenvalue weighted by Gasteiger charge is 2.42. The number of fused-ring (bicyclic) bond motifs is 2. The van der Waals surface area contributed by atoms with Gasteiger partial charge in [-0.15, -0.1) is 11.8 Å². The van der Waals surface area contributed by atoms with Gasteiger partial charge in [-0.05, 0) is 56.9 Å². The third-order valence-corrected chi connectivity index (χ3v) is 8.35. The molecule has 2 heterocycles. The molecule has 0 N–H and O–H groups in total. The lowest BCUT2D eigenvalue weighted by Gasteiger charge is -2.29. The molecule has 180 valence electrons. The maximum absolute atomic E-state index is 13.6. The third kappa shape index (κ3) is 3.43. The number of para-hydroxylation sites is 3. The van der Waals surface area contributed by atoms with E-state index in [4.69, 9.17) is 0 Å². The van der Waals surface area contributed by atoms with Gasteiger partial charge < -0.3 is 4.90 Å². The average molecular weight is 485 g/mol. The Kier molecular flexibility index (Phi) is 6.00. The summed E-state index contributed by atoms with van der Waals surface area (Å²) < 4.78 is 4.62. The molecular weight excluding hydrogens is 450 g/mol. The number of ketones is 1. The van der Waals surface area contributed by atoms with Crippen molar-refractivity contribution in [2.45, 2.75) is 53.1 Å². The van der Waals surface area contributed by atoms with Crippen LogP contribution in [0.2, 0.25) is 0 Å². The predicted octanol–water partition coefficient (Wildman–Crippen LogP) is 6.25. The molecule has 5 heteroatoms. The van der Waals surface area contributed by atoms with Gasteiger partial charge in [-0.2, -0.15) is 0 Å². The van der Waals surface area contributed by atoms with Crippen molar-refractivity contribution >= 4 is 40.3 Å². The molecule has 1 aliphatic carbocycles. The molecule has 0 saturated heterocycles. The molecule has 4 nitrogen and oxygen atoms in total. The number of aryl methyl sites for hydroxylation is 2. The maximum Gasteiger partial charge on any atom is 0.283 e. The fourth-order valence-electron chi connectivity index (χ4n) is 5.76. The molecule has 2 aromatic carbocycles. The highest BCUT2D eigenvalue weighted by molar-refractivity contribution is 8.02. The number of benzene rings is 2. The number of hydrogen-bond donors (Lipinski definition) is 0. The monoisotopic (exact) mass is 484 g/mol. The molecular formula is C30H34N3OS+. The Morgan fingerprint density at radius 2 is 1.69 bits per heavy atom. The number of Topliss-reactive ketones (excluding diaryl/α,β-unsaturated/α-hetero) is 1. The van der Waals surface area contributed by atoms with Crippen LogP contribution in [0.5, 0.6) is 0 Å². The number of imidazole rings is 1. The Morgan fingerprint density at radius 1 is 0.971 bits per heavy atom. The Bertz CT molecular complexity index is 1400. The van der Waals surface area contributed by atoms with E-state index in [0.717, 1.165) is 41.5 Å². The topological polar surface area (TPSA) is 29.1 Å². The van der Waals surface area contributed by atoms with Crippen molar-refractivity contribution < 1.29 is 9.36 Å². The quantitative estimate of drug-likeness (QED) is 0.306. The van der Waals surface area contributed by atoms with Crippen molar-refractivity contribution in [1.82, 2.24) is 4.57 Å². The van der Waals surface area contributed by atoms with Crippen molar-refractivity contribution in [2.75, 3.05) is 17.7 Å². The second-order valence-electron chi connectivity index (χ2n) is 9.59. The number of carbonyl (C=O) groups excluding carboxylic acids is 1. The van der Waals surface area contributed by atoms with E-state index in [2.05, 4.69) is 116 Å². The van der Waals surface area contributed by atoms with Crippen molar-refractivity contribution in [3.63, 3.8) is 0 Å². The van der Waals surface area contributed by atoms with Gasteiger partial charge in [0, 0.05) is 45.5 Å². The van der Waals surface area contributed by atoms with Crippen LogP contribution in [0.25, 0.3) is 17.1 Å². The van der Waals surface area contributed by atoms with Crippen LogP contribution in [-0.4, -0.2) is 23.2 Å². The van der Waals surface area contributed by atoms with Crippen molar-refractivity contribution in [1.29, 1.82) is 0 Å². The molecule has 0 fully saturated rings. The van der Waals surface area contributed by atoms with Gasteiger partial charge >= 0.3 is 0 Å². The predicted molar refractivity (Wildman–Crippen MR) is 148 cm³/mol. The van der Waals surface area contributed by atoms with Gasteiger partial charge in [-0.3, -0.25) is 4.79 Å². The van der Waals surface area contributed by atoms with Gasteiger partial charge in [-0.25, -0.2) is 9.13 Å². The minimum Gasteiger partial charge on any atom is -0.344 e. The molecule has 3 aromatic rings. The van der Waals surface area contributed by atoms with Gasteiger partial charge in [0.15, 0.2) is 16.8 Å². The largest absolute Gasteiger partial charge is 0.344 e. The lowest BCUT2D eigenvalue weighted by molar-refractivity contribution is -0.670. The van der Waals surface area contributed by atoms with Crippen LogP contribution in [0, 0.1) is 0 Å². The molecule has 5 rings (SSSR count). The Morgan fingerprint density at radius 3 is 2.37 bits per heavy atom. The molecule has 0 amide bonds. The summed E-state index contributed by atoms with van der Waals surface area (Å²) in [6.45, 7) is 13.6. The van der Waals surface area contributed by atoms with Crippen LogP contribution in [-0.2, 0) is 23.3 Å². The lowest BCUT2D eigenvalue weighted by Crippen LogP contribution is -2.36. The molecule has 35 heavy (non-hydrogen) atoms. The SMILES string of the molecule is CCN1/C(=C/C2=C(SC)C(=C/c3n(CC)c4ccccc4[n+]3CC)/C2=O)C(C)(C)c2ccccc21. The van der Waals surface area contributed by atoms with Crippen LogP contribution < -0.4 is 9.47 Å². The first-order valence-electron chi connectivity index (χ1n) is 12.5. The number of likely N-dealkylation sites (N-methyl/N-ethyl adjacent to an activating group) is 1. The first-order chi connectivity index (χ1) is 16.9. The minimum atomic E-state index is -0.150. The zero-order chi connectivity index (χ0) is 24.9. The molecule has 0 atom stereocenters. The molecule has 1 aliphatic heterocycles. The first kappa shape index (κ1) is 23.7. The molecule has 0 saturated carbocycles. The first-order valence-corrected chi connectivity index (χ1v) is 13.8. The van der Waals surface area contributed by atoms with Crippen LogP contribution in [0.1, 0.15) is 46.0 Å². The maximum atomic E-state index is 13.6. The molecule has 2 aliphatic rings. The molecule has 0 bridgehead atoms. The summed E-state index contributed by atoms with van der Waals surface area (Å²) in [6, 6.07) is 17.1. The molecule has 0 spiro atoms. The van der Waals surface area contributed by atoms with Crippen molar-refractivity contribution in [3.05, 3.63) is 87.7 Å². The molecule has 0 unspecified atom stereocenters. The summed E-state index contributed by atoms with van der Waals surface area (Å²) in [6.07, 6.45) is 6.33. The van der Waals surface area contributed by atoms with Gasteiger partial charge in [0.2, 0.25) is 0 Å². The Hall–Kier alpha value is -3.05. The molecule has 1 aromatic heterocycles. The number of hydrogen-bond acceptors (Lipinski definition) is 3. The number of nitrogens with zero attached hydrogens (tertiary/aromatic N) is 3. The minimum absolute atomic E-state index is 0.139. The number of anilines is 1. The van der Waals surface area contributed by atoms with Crippen LogP contribution >= 0.6 is 11.8 Å². The number of allylic oxidation sites excluding steroid dienone is 4. The van der Waals surface area contributed by atoms with Crippen LogP contribution in [0.15, 0.2) is 76.4 Å². The summed E-state index contributed by atoms with van der Waals surface area (Å²) in [5.41, 5.74) is 7.67. The van der Waals surface area contributed by atoms with Gasteiger partial charge in [-0.1, -0.05) is 44.2 Å². The zero-order valence-electron chi connectivity index (χ0n) is 21.6. The zero-order valence-corrected chi connectivity index (χ0v) is 22.4. The fourth-order valence-corrected chi connectivity index (χ4v) is 6.50. The van der Waals surface area contributed by atoms with E-state index in [1.165, 1.54) is 28.0 Å². The number of carbonyl (C=O) groups is 1. The summed E-state index contributed by atoms with van der Waals surface area (Å²) in [5.74, 6) is 1.22. The number of thioether (sulfide) groups is 1. The average Bonchev–Trinajstić information content (AvgIpc) is 3.30. The Balaban J connectivity index is 1.64. The van der Waals surface area contributed by atoms with E-state index in [0.29, 0.717) is 0 Å². The van der Waals surface area contributed by atoms with Crippen molar-refractivity contribution in [2.24, 2.45) is 0 Å². The van der Waals surface area contributed by atoms with Gasteiger partial charge in [0.1, 0.15) is 0 Å². The highest BCUT2D eigenvalue weighted by Crippen LogP contribution is 2.49. The number of rotatable bonds is 6. The standard InChI is InChI=1S/C30H34N3OS/c1-7-31-23-15-11-10-14-22(23)30(4,5)26(31)18-20-28(34)21(29(20)35-6)19-27-32(8-2)24-16-12-13-17-25(24)33(27)9-3/h10-19H,7-9H2,1-6H3/q+1. The van der Waals surface area contributed by atoms with E-state index in [9.17, 15) is 4.79 Å². The van der Waals surface area contributed by atoms with Crippen LogP contribution in [0.4, 0.5) is 5.69 Å². The fraction of sp³-hybridized carbons (Fsp3) is 0.333. The summed E-state index contributed by atoms with van der Waals surface area (Å²) in [5, 5.41) is 0. The van der Waals surface area contributed by atoms with E-state index in [1.54, 1.807) is 11.8 Å². The van der Waals surface area contributed by atoms with E-state index in [-0.39, 0.29) is 11.2 Å². The van der Waals surface area contributed by atoms with E-state index >= 15 is 0 Å². The normalized spacial score (nSPS) is 19.3. The van der Waals surface area contributed by atoms with E-state index in [1.807, 2.05) is 0 Å². The van der Waals surface area contributed by atoms with E-state index < -0.39 is 0 Å². The summed E-state index contributed by atoms with van der Waals surface area (Å²) >= 11 is 1.67. The number of aromatic nitrogens is 2. The lowest BCUT2D eigenvalue weighted by atomic mass is 9.81. The summed E-state index contributed by atoms with van der Waals surface area (Å²) in [7, 11) is 0. The molecule has 0 radical (unpaired) electrons. The Labute approximate surface area is 212 Å². The van der Waals surface area contributed by atoms with Gasteiger partial charge in [0.25, 0.3) is 5.82 Å². The highest BCUT2D eigenvalue weighted by atomic mass is 32.2. The second-order valence-corrected chi connectivity index (χ2v) is 10.4. The van der Waals surface area contributed by atoms with Crippen molar-refractivity contribution in [3.8, 4) is 0 Å². The smallest absolute Gasteiger partial charge is 0.283 e. The second kappa shape index (κ2) is 8.87. The van der Waals surface area contributed by atoms with Gasteiger partial charge in [0.05, 0.1) is 13.1 Å². The van der Waals surface area contributed by atoms with Crippen LogP contribution in [0.3, 0.4) is 0 Å². The summed E-state index contributed by atoms with van der Waals surface area (Å²) in [4.78, 5) is 17.0.